The number of ketones is 2. The first-order valence-electron chi connectivity index (χ1n) is 27.1. The van der Waals surface area contributed by atoms with E-state index in [0.29, 0.717) is 0 Å². The standard InChI is InChI=1S/C28H41BrN2O6Si2.C27H41NO6Si2/c1-17(2)38(18(3)4)35-26-25(33)24(29)22(15-30)28(27(26)36-39(37-38,19(5)6)20(7)8)14-23(32)31(28)34-16-21-12-10-9-11-13-21;1-18(2)35(19(3)4)32-25-23(29)14-15-27(26(25)33-36(34-35,20(5)6)21(7)8)16-24(30)28(27)31-17-22-12-10-9-11-13-22/h9-13,17-20,22,24,26-27H,14,16H2,1-8H3;9-15,18-21,25-26H,16-17H2,1-8H3. The molecule has 20 heteroatoms. The molecule has 4 saturated heterocycles. The van der Waals surface area contributed by atoms with Crippen LogP contribution in [-0.2, 0) is 68.0 Å². The maximum atomic E-state index is 14.0. The topological polar surface area (TPSA) is 172 Å². The van der Waals surface area contributed by atoms with Crippen LogP contribution in [0.1, 0.15) is 135 Å². The lowest BCUT2D eigenvalue weighted by molar-refractivity contribution is -0.296. The molecule has 2 spiro atoms. The molecule has 2 aromatic rings. The van der Waals surface area contributed by atoms with Crippen molar-refractivity contribution in [2.24, 2.45) is 5.92 Å². The molecule has 15 nitrogen and oxygen atoms in total. The molecule has 8 rings (SSSR count). The highest BCUT2D eigenvalue weighted by Crippen LogP contribution is 2.58. The van der Waals surface area contributed by atoms with Crippen LogP contribution >= 0.6 is 15.9 Å². The zero-order valence-electron chi connectivity index (χ0n) is 47.0. The quantitative estimate of drug-likeness (QED) is 0.0994. The van der Waals surface area contributed by atoms with Crippen LogP contribution in [0.25, 0.3) is 0 Å². The van der Waals surface area contributed by atoms with E-state index >= 15 is 0 Å². The van der Waals surface area contributed by atoms with Gasteiger partial charge in [0.1, 0.15) is 48.7 Å². The van der Waals surface area contributed by atoms with E-state index in [9.17, 15) is 24.4 Å². The average molecular weight is 1170 g/mol. The monoisotopic (exact) mass is 1170 g/mol. The molecule has 0 radical (unpaired) electrons. The van der Waals surface area contributed by atoms with Gasteiger partial charge in [-0.3, -0.25) is 28.9 Å². The van der Waals surface area contributed by atoms with Gasteiger partial charge in [-0.1, -0.05) is 187 Å². The molecule has 2 amide bonds. The number of benzene rings is 2. The van der Waals surface area contributed by atoms with Crippen molar-refractivity contribution in [2.45, 2.75) is 221 Å². The van der Waals surface area contributed by atoms with Crippen molar-refractivity contribution in [1.29, 1.82) is 5.26 Å². The summed E-state index contributed by atoms with van der Waals surface area (Å²) in [7, 11) is -12.0. The minimum absolute atomic E-state index is 0.0263. The number of Topliss-reactive ketones (excluding diaryl/α,β-unsaturated/α-hetero) is 1. The Labute approximate surface area is 458 Å². The molecule has 8 atom stereocenters. The lowest BCUT2D eigenvalue weighted by Crippen LogP contribution is -2.80. The number of hydrogen-bond acceptors (Lipinski definition) is 13. The summed E-state index contributed by atoms with van der Waals surface area (Å²) in [5.41, 5.74) is 0.383. The summed E-state index contributed by atoms with van der Waals surface area (Å²) in [6, 6.07) is 21.6. The number of rotatable bonds is 14. The van der Waals surface area contributed by atoms with Crippen LogP contribution in [0, 0.1) is 17.2 Å². The van der Waals surface area contributed by atoms with Gasteiger partial charge in [-0.15, -0.1) is 0 Å². The molecule has 75 heavy (non-hydrogen) atoms. The van der Waals surface area contributed by atoms with Crippen molar-refractivity contribution in [3.05, 3.63) is 83.9 Å². The molecular weight excluding hydrogens is 1090 g/mol. The number of hydroxylamine groups is 4. The molecule has 0 N–H and O–H groups in total. The highest BCUT2D eigenvalue weighted by Gasteiger charge is 2.75. The third-order valence-electron chi connectivity index (χ3n) is 16.7. The molecule has 5 fully saturated rings. The van der Waals surface area contributed by atoms with Gasteiger partial charge in [0.2, 0.25) is 11.8 Å². The van der Waals surface area contributed by atoms with Crippen LogP contribution in [0.15, 0.2) is 72.8 Å². The molecule has 2 aromatic carbocycles. The highest BCUT2D eigenvalue weighted by molar-refractivity contribution is 9.10. The Morgan fingerprint density at radius 1 is 0.573 bits per heavy atom. The Bertz CT molecular complexity index is 2440. The van der Waals surface area contributed by atoms with Crippen LogP contribution in [0.2, 0.25) is 44.3 Å². The molecule has 1 saturated carbocycles. The van der Waals surface area contributed by atoms with Crippen LogP contribution in [0.5, 0.6) is 0 Å². The maximum absolute atomic E-state index is 14.0. The SMILES string of the molecule is CC(C)[Si]1(C(C)C)OC2C(=O)C(Br)C(C#N)C3(CC(=O)N3OCc3ccccc3)C2O[Si](C(C)C)(C(C)C)O1.CC(C)[Si]1(C(C)C)OC2C(=O)C=CC3(CC(=O)N3OCc3ccccc3)C2O[Si](C(C)C)(C(C)C)O1. The van der Waals surface area contributed by atoms with E-state index in [1.165, 1.54) is 10.1 Å². The summed E-state index contributed by atoms with van der Waals surface area (Å²) < 4.78 is 42.7. The van der Waals surface area contributed by atoms with Crippen molar-refractivity contribution in [2.75, 3.05) is 0 Å². The predicted molar refractivity (Wildman–Crippen MR) is 297 cm³/mol. The second kappa shape index (κ2) is 22.6. The molecule has 0 aromatic heterocycles. The molecule has 6 aliphatic rings. The first-order chi connectivity index (χ1) is 35.2. The molecule has 0 bridgehead atoms. The number of halogens is 1. The van der Waals surface area contributed by atoms with Gasteiger partial charge in [-0.25, -0.2) is 10.1 Å². The Morgan fingerprint density at radius 3 is 1.36 bits per heavy atom. The van der Waals surface area contributed by atoms with Crippen LogP contribution in [0.3, 0.4) is 0 Å². The number of fused-ring (bicyclic) bond motifs is 4. The molecule has 8 unspecified atom stereocenters. The number of amides is 2. The number of β-lactam (4-membered cyclic amide) rings is 2. The Balaban J connectivity index is 0.000000219. The first kappa shape index (κ1) is 59.6. The minimum Gasteiger partial charge on any atom is -0.414 e. The zero-order chi connectivity index (χ0) is 55.4. The number of nitrogens with zero attached hydrogens (tertiary/aromatic N) is 3. The number of hydrogen-bond donors (Lipinski definition) is 0. The normalized spacial score (nSPS) is 30.7. The average Bonchev–Trinajstić information content (AvgIpc) is 3.65. The summed E-state index contributed by atoms with van der Waals surface area (Å²) in [4.78, 5) is 64.9. The second-order valence-electron chi connectivity index (χ2n) is 23.9. The lowest BCUT2D eigenvalue weighted by Gasteiger charge is -2.60. The van der Waals surface area contributed by atoms with Crippen LogP contribution in [0.4, 0.5) is 0 Å². The van der Waals surface area contributed by atoms with E-state index in [1.807, 2.05) is 60.7 Å². The number of alkyl halides is 1. The lowest BCUT2D eigenvalue weighted by atomic mass is 9.63. The van der Waals surface area contributed by atoms with Gasteiger partial charge < -0.3 is 25.9 Å². The van der Waals surface area contributed by atoms with E-state index < -0.39 is 80.5 Å². The molecule has 4 heterocycles. The van der Waals surface area contributed by atoms with E-state index in [2.05, 4.69) is 133 Å². The van der Waals surface area contributed by atoms with Gasteiger partial charge in [0.15, 0.2) is 11.6 Å². The van der Waals surface area contributed by atoms with Gasteiger partial charge in [0.25, 0.3) is 0 Å². The largest absolute Gasteiger partial charge is 0.414 e. The van der Waals surface area contributed by atoms with Crippen LogP contribution in [-0.4, -0.2) is 108 Å². The number of nitriles is 1. The summed E-state index contributed by atoms with van der Waals surface area (Å²) in [5, 5.41) is 13.2. The van der Waals surface area contributed by atoms with Crippen molar-refractivity contribution >= 4 is 73.6 Å². The van der Waals surface area contributed by atoms with Gasteiger partial charge >= 0.3 is 34.2 Å². The summed E-state index contributed by atoms with van der Waals surface area (Å²) in [6.45, 7) is 34.3. The highest BCUT2D eigenvalue weighted by atomic mass is 79.9. The Morgan fingerprint density at radius 2 is 0.960 bits per heavy atom. The molecule has 412 valence electrons. The first-order valence-corrected chi connectivity index (χ1v) is 35.9. The van der Waals surface area contributed by atoms with Crippen LogP contribution < -0.4 is 0 Å². The van der Waals surface area contributed by atoms with E-state index in [-0.39, 0.29) is 93.8 Å². The fourth-order valence-electron chi connectivity index (χ4n) is 12.5. The maximum Gasteiger partial charge on any atom is 0.335 e. The third-order valence-corrected chi connectivity index (χ3v) is 38.1. The fraction of sp³-hybridized carbons (Fsp3) is 0.655. The second-order valence-corrected chi connectivity index (χ2v) is 42.4. The van der Waals surface area contributed by atoms with E-state index in [1.54, 1.807) is 12.2 Å². The number of carbonyl (C=O) groups excluding carboxylic acids is 4. The van der Waals surface area contributed by atoms with Crippen molar-refractivity contribution in [3.8, 4) is 6.07 Å². The smallest absolute Gasteiger partial charge is 0.335 e. The predicted octanol–water partition coefficient (Wildman–Crippen LogP) is 11.5. The number of carbonyl (C=O) groups is 4. The van der Waals surface area contributed by atoms with Gasteiger partial charge in [0.05, 0.1) is 29.7 Å². The minimum atomic E-state index is -3.09. The molecule has 2 aliphatic carbocycles. The Kier molecular flexibility index (Phi) is 18.0. The van der Waals surface area contributed by atoms with E-state index in [4.69, 9.17) is 35.6 Å². The summed E-state index contributed by atoms with van der Waals surface area (Å²) >= 11 is 3.54. The van der Waals surface area contributed by atoms with Crippen molar-refractivity contribution < 1.29 is 54.8 Å². The van der Waals surface area contributed by atoms with Gasteiger partial charge in [0, 0.05) is 0 Å². The zero-order valence-corrected chi connectivity index (χ0v) is 52.5. The third kappa shape index (κ3) is 10.1. The molecular formula is C55H82BrN3O12Si4. The van der Waals surface area contributed by atoms with E-state index in [0.717, 1.165) is 11.1 Å². The van der Waals surface area contributed by atoms with Crippen molar-refractivity contribution in [1.82, 2.24) is 10.1 Å². The van der Waals surface area contributed by atoms with Gasteiger partial charge in [-0.2, -0.15) is 5.26 Å². The fourth-order valence-corrected chi connectivity index (χ4v) is 35.9. The Hall–Kier alpha value is -3.02. The van der Waals surface area contributed by atoms with Gasteiger partial charge in [-0.05, 0) is 67.6 Å². The summed E-state index contributed by atoms with van der Waals surface area (Å²) in [6.07, 6.45) is 0.174. The van der Waals surface area contributed by atoms with Crippen molar-refractivity contribution in [3.63, 3.8) is 0 Å². The summed E-state index contributed by atoms with van der Waals surface area (Å²) in [5.74, 6) is -1.63. The molecule has 4 aliphatic heterocycles.